The first-order valence-electron chi connectivity index (χ1n) is 11.2. The molecule has 0 aliphatic carbocycles. The van der Waals surface area contributed by atoms with Crippen molar-refractivity contribution in [1.82, 2.24) is 9.21 Å². The third-order valence-corrected chi connectivity index (χ3v) is 7.24. The van der Waals surface area contributed by atoms with E-state index in [0.717, 1.165) is 17.9 Å². The molecule has 1 aliphatic heterocycles. The lowest BCUT2D eigenvalue weighted by molar-refractivity contribution is -0.140. The minimum absolute atomic E-state index is 0.0351. The van der Waals surface area contributed by atoms with Crippen LogP contribution in [0.1, 0.15) is 36.0 Å². The Hall–Kier alpha value is -2.08. The maximum atomic E-state index is 14.6. The molecular weight excluding hydrogens is 491 g/mol. The Balaban J connectivity index is 1.64. The fraction of sp³-hybridized carbons (Fsp3) is 0.500. The first-order valence-corrected chi connectivity index (χ1v) is 13.1. The van der Waals surface area contributed by atoms with Gasteiger partial charge in [-0.3, -0.25) is 4.90 Å². The van der Waals surface area contributed by atoms with Crippen molar-refractivity contribution in [3.8, 4) is 0 Å². The van der Waals surface area contributed by atoms with E-state index in [-0.39, 0.29) is 29.9 Å². The molecule has 11 heteroatoms. The second-order valence-electron chi connectivity index (χ2n) is 8.89. The van der Waals surface area contributed by atoms with Crippen molar-refractivity contribution in [2.75, 3.05) is 39.0 Å². The van der Waals surface area contributed by atoms with E-state index >= 15 is 0 Å². The smallest absolute Gasteiger partial charge is 0.375 e. The molecule has 1 unspecified atom stereocenters. The second kappa shape index (κ2) is 11.3. The first-order chi connectivity index (χ1) is 16.3. The van der Waals surface area contributed by atoms with E-state index in [1.807, 2.05) is 11.8 Å². The maximum Gasteiger partial charge on any atom is 0.419 e. The minimum atomic E-state index is -4.79. The molecule has 0 amide bonds. The van der Waals surface area contributed by atoms with Crippen LogP contribution in [0, 0.1) is 11.6 Å². The highest BCUT2D eigenvalue weighted by molar-refractivity contribution is 7.88. The first kappa shape index (κ1) is 27.5. The Labute approximate surface area is 202 Å². The summed E-state index contributed by atoms with van der Waals surface area (Å²) >= 11 is 0. The molecule has 0 bridgehead atoms. The Bertz CT molecular complexity index is 1090. The molecule has 0 saturated carbocycles. The Morgan fingerprint density at radius 2 is 1.77 bits per heavy atom. The van der Waals surface area contributed by atoms with Gasteiger partial charge in [0.1, 0.15) is 11.6 Å². The lowest BCUT2D eigenvalue weighted by Crippen LogP contribution is -2.54. The van der Waals surface area contributed by atoms with Gasteiger partial charge in [0.2, 0.25) is 10.0 Å². The topological polar surface area (TPSA) is 49.9 Å². The highest BCUT2D eigenvalue weighted by Gasteiger charge is 2.35. The van der Waals surface area contributed by atoms with Crippen LogP contribution in [-0.2, 0) is 27.5 Å². The SMILES string of the molecule is CC(CN(CCCOC1CN(S(C)(=O)=O)C1)Cc1cccc(C(F)(F)F)c1F)c1ccc(F)cc1. The van der Waals surface area contributed by atoms with Crippen LogP contribution < -0.4 is 0 Å². The van der Waals surface area contributed by atoms with Crippen molar-refractivity contribution in [3.05, 3.63) is 70.8 Å². The van der Waals surface area contributed by atoms with E-state index in [1.54, 1.807) is 12.1 Å². The van der Waals surface area contributed by atoms with E-state index in [0.29, 0.717) is 39.2 Å². The molecule has 1 aliphatic rings. The predicted octanol–water partition coefficient (Wildman–Crippen LogP) is 4.64. The van der Waals surface area contributed by atoms with Crippen LogP contribution in [0.4, 0.5) is 22.0 Å². The van der Waals surface area contributed by atoms with Crippen LogP contribution in [0.5, 0.6) is 0 Å². The average Bonchev–Trinajstić information content (AvgIpc) is 2.72. The third kappa shape index (κ3) is 7.70. The minimum Gasteiger partial charge on any atom is -0.375 e. The van der Waals surface area contributed by atoms with Gasteiger partial charge >= 0.3 is 6.18 Å². The normalized spacial score (nSPS) is 16.5. The second-order valence-corrected chi connectivity index (χ2v) is 10.9. The number of alkyl halides is 3. The van der Waals surface area contributed by atoms with Gasteiger partial charge in [-0.2, -0.15) is 17.5 Å². The summed E-state index contributed by atoms with van der Waals surface area (Å²) in [5, 5.41) is 0. The van der Waals surface area contributed by atoms with Gasteiger partial charge in [-0.25, -0.2) is 17.2 Å². The Morgan fingerprint density at radius 1 is 1.11 bits per heavy atom. The number of hydrogen-bond donors (Lipinski definition) is 0. The molecule has 1 saturated heterocycles. The summed E-state index contributed by atoms with van der Waals surface area (Å²) in [5.74, 6) is -1.74. The van der Waals surface area contributed by atoms with Gasteiger partial charge in [-0.05, 0) is 36.1 Å². The predicted molar refractivity (Wildman–Crippen MR) is 122 cm³/mol. The van der Waals surface area contributed by atoms with Crippen molar-refractivity contribution in [3.63, 3.8) is 0 Å². The number of hydrogen-bond acceptors (Lipinski definition) is 4. The van der Waals surface area contributed by atoms with Gasteiger partial charge in [0.15, 0.2) is 0 Å². The number of rotatable bonds is 11. The number of benzene rings is 2. The van der Waals surface area contributed by atoms with Crippen LogP contribution in [0.25, 0.3) is 0 Å². The number of sulfonamides is 1. The zero-order valence-corrected chi connectivity index (χ0v) is 20.4. The lowest BCUT2D eigenvalue weighted by Gasteiger charge is -2.37. The summed E-state index contributed by atoms with van der Waals surface area (Å²) in [6.07, 6.45) is -3.33. The molecule has 1 atom stereocenters. The maximum absolute atomic E-state index is 14.6. The molecule has 35 heavy (non-hydrogen) atoms. The summed E-state index contributed by atoms with van der Waals surface area (Å²) in [6.45, 7) is 3.62. The van der Waals surface area contributed by atoms with Crippen molar-refractivity contribution in [2.24, 2.45) is 0 Å². The van der Waals surface area contributed by atoms with Crippen LogP contribution >= 0.6 is 0 Å². The van der Waals surface area contributed by atoms with Gasteiger partial charge in [-0.1, -0.05) is 31.2 Å². The summed E-state index contributed by atoms with van der Waals surface area (Å²) in [4.78, 5) is 1.85. The Morgan fingerprint density at radius 3 is 2.37 bits per heavy atom. The number of ether oxygens (including phenoxy) is 1. The molecule has 5 nitrogen and oxygen atoms in total. The highest BCUT2D eigenvalue weighted by atomic mass is 32.2. The van der Waals surface area contributed by atoms with Gasteiger partial charge < -0.3 is 4.74 Å². The molecular formula is C24H29F5N2O3S. The van der Waals surface area contributed by atoms with E-state index < -0.39 is 27.6 Å². The van der Waals surface area contributed by atoms with Gasteiger partial charge in [0.05, 0.1) is 17.9 Å². The van der Waals surface area contributed by atoms with E-state index in [4.69, 9.17) is 4.74 Å². The van der Waals surface area contributed by atoms with E-state index in [1.165, 1.54) is 28.6 Å². The van der Waals surface area contributed by atoms with E-state index in [9.17, 15) is 30.4 Å². The van der Waals surface area contributed by atoms with Crippen LogP contribution in [0.2, 0.25) is 0 Å². The molecule has 2 aromatic carbocycles. The van der Waals surface area contributed by atoms with Gasteiger partial charge in [-0.15, -0.1) is 0 Å². The summed E-state index contributed by atoms with van der Waals surface area (Å²) < 4.78 is 97.3. The molecule has 0 radical (unpaired) electrons. The number of halogens is 5. The zero-order valence-electron chi connectivity index (χ0n) is 19.6. The number of nitrogens with zero attached hydrogens (tertiary/aromatic N) is 2. The highest BCUT2D eigenvalue weighted by Crippen LogP contribution is 2.33. The third-order valence-electron chi connectivity index (χ3n) is 6.00. The van der Waals surface area contributed by atoms with Crippen molar-refractivity contribution >= 4 is 10.0 Å². The fourth-order valence-electron chi connectivity index (χ4n) is 4.00. The monoisotopic (exact) mass is 520 g/mol. The fourth-order valence-corrected chi connectivity index (χ4v) is 4.87. The summed E-state index contributed by atoms with van der Waals surface area (Å²) in [6, 6.07) is 9.23. The van der Waals surface area contributed by atoms with Crippen molar-refractivity contribution in [1.29, 1.82) is 0 Å². The van der Waals surface area contributed by atoms with Gasteiger partial charge in [0, 0.05) is 44.9 Å². The van der Waals surface area contributed by atoms with Crippen LogP contribution in [0.3, 0.4) is 0 Å². The summed E-state index contributed by atoms with van der Waals surface area (Å²) in [5.41, 5.74) is -0.507. The zero-order chi connectivity index (χ0) is 25.8. The van der Waals surface area contributed by atoms with Gasteiger partial charge in [0.25, 0.3) is 0 Å². The molecule has 0 N–H and O–H groups in total. The molecule has 0 spiro atoms. The average molecular weight is 521 g/mol. The molecule has 3 rings (SSSR count). The van der Waals surface area contributed by atoms with Crippen LogP contribution in [0.15, 0.2) is 42.5 Å². The molecule has 0 aromatic heterocycles. The standard InChI is InChI=1S/C24H29F5N2O3S/c1-17(18-7-9-20(25)10-8-18)13-30(11-4-12-34-21-15-31(16-21)35(2,32)33)14-19-5-3-6-22(23(19)26)24(27,28)29/h3,5-10,17,21H,4,11-16H2,1-2H3. The lowest BCUT2D eigenvalue weighted by atomic mass is 10.00. The van der Waals surface area contributed by atoms with Crippen LogP contribution in [-0.4, -0.2) is 62.8 Å². The molecule has 2 aromatic rings. The van der Waals surface area contributed by atoms with Crippen molar-refractivity contribution in [2.45, 2.75) is 38.1 Å². The Kier molecular flexibility index (Phi) is 8.90. The largest absolute Gasteiger partial charge is 0.419 e. The quantitative estimate of drug-likeness (QED) is 0.320. The van der Waals surface area contributed by atoms with E-state index in [2.05, 4.69) is 0 Å². The molecule has 1 heterocycles. The summed E-state index contributed by atoms with van der Waals surface area (Å²) in [7, 11) is -3.23. The molecule has 194 valence electrons. The van der Waals surface area contributed by atoms with Crippen molar-refractivity contribution < 1.29 is 35.1 Å². The molecule has 1 fully saturated rings.